The van der Waals surface area contributed by atoms with E-state index >= 15 is 0 Å². The first-order valence-corrected chi connectivity index (χ1v) is 8.01. The minimum absolute atomic E-state index is 0.113. The topological polar surface area (TPSA) is 48.0 Å². The number of benzene rings is 2. The Hall–Kier alpha value is -2.90. The lowest BCUT2D eigenvalue weighted by Crippen LogP contribution is -2.35. The van der Waals surface area contributed by atoms with Gasteiger partial charge < -0.3 is 19.1 Å². The molecular weight excluding hydrogens is 351 g/mol. The number of ether oxygens (including phenoxy) is 3. The SMILES string of the molecule is O=C(c1ccc2c(c1)OCO2)N1CCCc2cc(OC(F)(F)F)ccc21. The molecule has 2 aliphatic heterocycles. The van der Waals surface area contributed by atoms with E-state index in [9.17, 15) is 18.0 Å². The predicted molar refractivity (Wildman–Crippen MR) is 85.7 cm³/mol. The average Bonchev–Trinajstić information content (AvgIpc) is 3.06. The molecule has 2 aromatic carbocycles. The van der Waals surface area contributed by atoms with Crippen molar-refractivity contribution in [2.24, 2.45) is 0 Å². The minimum Gasteiger partial charge on any atom is -0.454 e. The van der Waals surface area contributed by atoms with Gasteiger partial charge in [0.1, 0.15) is 5.75 Å². The van der Waals surface area contributed by atoms with E-state index in [1.165, 1.54) is 18.2 Å². The molecule has 4 rings (SSSR count). The van der Waals surface area contributed by atoms with Crippen molar-refractivity contribution in [2.45, 2.75) is 19.2 Å². The van der Waals surface area contributed by atoms with E-state index in [-0.39, 0.29) is 18.4 Å². The number of carbonyl (C=O) groups is 1. The Morgan fingerprint density at radius 2 is 1.88 bits per heavy atom. The number of carbonyl (C=O) groups excluding carboxylic acids is 1. The molecule has 2 aromatic rings. The summed E-state index contributed by atoms with van der Waals surface area (Å²) in [5.74, 6) is 0.555. The second-order valence-electron chi connectivity index (χ2n) is 5.97. The molecule has 1 amide bonds. The van der Waals surface area contributed by atoms with E-state index in [0.29, 0.717) is 47.7 Å². The van der Waals surface area contributed by atoms with Crippen molar-refractivity contribution in [3.05, 3.63) is 47.5 Å². The molecule has 0 saturated heterocycles. The van der Waals surface area contributed by atoms with Gasteiger partial charge in [-0.2, -0.15) is 0 Å². The molecule has 0 aliphatic carbocycles. The number of fused-ring (bicyclic) bond motifs is 2. The van der Waals surface area contributed by atoms with Gasteiger partial charge in [-0.05, 0) is 54.8 Å². The van der Waals surface area contributed by atoms with Crippen molar-refractivity contribution in [1.29, 1.82) is 0 Å². The number of alkyl halides is 3. The monoisotopic (exact) mass is 365 g/mol. The van der Waals surface area contributed by atoms with Crippen LogP contribution in [0, 0.1) is 0 Å². The van der Waals surface area contributed by atoms with Crippen molar-refractivity contribution in [3.8, 4) is 17.2 Å². The first-order chi connectivity index (χ1) is 12.4. The van der Waals surface area contributed by atoms with Gasteiger partial charge >= 0.3 is 6.36 Å². The van der Waals surface area contributed by atoms with Crippen LogP contribution >= 0.6 is 0 Å². The molecule has 0 N–H and O–H groups in total. The summed E-state index contributed by atoms with van der Waals surface area (Å²) in [5.41, 5.74) is 1.67. The zero-order valence-corrected chi connectivity index (χ0v) is 13.5. The normalized spacial score (nSPS) is 15.6. The van der Waals surface area contributed by atoms with Gasteiger partial charge in [0.15, 0.2) is 11.5 Å². The molecule has 5 nitrogen and oxygen atoms in total. The molecule has 136 valence electrons. The van der Waals surface area contributed by atoms with Crippen LogP contribution in [-0.4, -0.2) is 25.6 Å². The van der Waals surface area contributed by atoms with Gasteiger partial charge in [-0.1, -0.05) is 0 Å². The molecule has 0 radical (unpaired) electrons. The summed E-state index contributed by atoms with van der Waals surface area (Å²) in [5, 5.41) is 0. The summed E-state index contributed by atoms with van der Waals surface area (Å²) < 4.78 is 51.7. The van der Waals surface area contributed by atoms with Crippen molar-refractivity contribution < 1.29 is 32.2 Å². The quantitative estimate of drug-likeness (QED) is 0.810. The molecule has 0 bridgehead atoms. The average molecular weight is 365 g/mol. The minimum atomic E-state index is -4.75. The van der Waals surface area contributed by atoms with Crippen molar-refractivity contribution in [3.63, 3.8) is 0 Å². The van der Waals surface area contributed by atoms with E-state index in [1.807, 2.05) is 0 Å². The molecular formula is C18H14F3NO4. The van der Waals surface area contributed by atoms with Gasteiger partial charge in [-0.25, -0.2) is 0 Å². The van der Waals surface area contributed by atoms with Crippen LogP contribution in [0.2, 0.25) is 0 Å². The summed E-state index contributed by atoms with van der Waals surface area (Å²) in [6.45, 7) is 0.598. The van der Waals surface area contributed by atoms with Crippen LogP contribution in [0.3, 0.4) is 0 Å². The van der Waals surface area contributed by atoms with Gasteiger partial charge in [0, 0.05) is 17.8 Å². The summed E-state index contributed by atoms with van der Waals surface area (Å²) in [7, 11) is 0. The fourth-order valence-electron chi connectivity index (χ4n) is 3.17. The van der Waals surface area contributed by atoms with E-state index in [0.717, 1.165) is 0 Å². The standard InChI is InChI=1S/C18H14F3NO4/c19-18(20,21)26-13-4-5-14-11(8-13)2-1-7-22(14)17(23)12-3-6-15-16(9-12)25-10-24-15/h3-6,8-9H,1-2,7,10H2. The van der Waals surface area contributed by atoms with Gasteiger partial charge in [-0.15, -0.1) is 13.2 Å². The van der Waals surface area contributed by atoms with Gasteiger partial charge in [0.2, 0.25) is 6.79 Å². The number of hydrogen-bond donors (Lipinski definition) is 0. The molecule has 0 saturated carbocycles. The van der Waals surface area contributed by atoms with Crippen LogP contribution in [0.4, 0.5) is 18.9 Å². The maximum Gasteiger partial charge on any atom is 0.573 e. The number of aryl methyl sites for hydroxylation is 1. The van der Waals surface area contributed by atoms with Crippen LogP contribution in [-0.2, 0) is 6.42 Å². The molecule has 8 heteroatoms. The van der Waals surface area contributed by atoms with Crippen molar-refractivity contribution in [1.82, 2.24) is 0 Å². The summed E-state index contributed by atoms with van der Waals surface area (Å²) in [6.07, 6.45) is -3.51. The zero-order chi connectivity index (χ0) is 18.3. The fraction of sp³-hybridized carbons (Fsp3) is 0.278. The number of halogens is 3. The lowest BCUT2D eigenvalue weighted by molar-refractivity contribution is -0.274. The van der Waals surface area contributed by atoms with Gasteiger partial charge in [-0.3, -0.25) is 4.79 Å². The molecule has 0 fully saturated rings. The third-order valence-electron chi connectivity index (χ3n) is 4.27. The second-order valence-corrected chi connectivity index (χ2v) is 5.97. The first kappa shape index (κ1) is 16.6. The summed E-state index contributed by atoms with van der Waals surface area (Å²) in [4.78, 5) is 14.5. The molecule has 2 aliphatic rings. The molecule has 0 atom stereocenters. The molecule has 0 unspecified atom stereocenters. The van der Waals surface area contributed by atoms with Crippen LogP contribution in [0.5, 0.6) is 17.2 Å². The highest BCUT2D eigenvalue weighted by atomic mass is 19.4. The maximum absolute atomic E-state index is 12.9. The van der Waals surface area contributed by atoms with Crippen LogP contribution < -0.4 is 19.1 Å². The van der Waals surface area contributed by atoms with Crippen LogP contribution in [0.1, 0.15) is 22.3 Å². The molecule has 0 spiro atoms. The Morgan fingerprint density at radius 3 is 2.69 bits per heavy atom. The van der Waals surface area contributed by atoms with Crippen LogP contribution in [0.25, 0.3) is 0 Å². The Morgan fingerprint density at radius 1 is 1.08 bits per heavy atom. The lowest BCUT2D eigenvalue weighted by Gasteiger charge is -2.30. The number of nitrogens with zero attached hydrogens (tertiary/aromatic N) is 1. The lowest BCUT2D eigenvalue weighted by atomic mass is 10.00. The van der Waals surface area contributed by atoms with Crippen LogP contribution in [0.15, 0.2) is 36.4 Å². The van der Waals surface area contributed by atoms with Crippen molar-refractivity contribution in [2.75, 3.05) is 18.2 Å². The molecule has 0 aromatic heterocycles. The fourth-order valence-corrected chi connectivity index (χ4v) is 3.17. The summed E-state index contributed by atoms with van der Waals surface area (Å²) in [6, 6.07) is 8.96. The first-order valence-electron chi connectivity index (χ1n) is 8.01. The third kappa shape index (κ3) is 3.14. The van der Waals surface area contributed by atoms with Crippen molar-refractivity contribution >= 4 is 11.6 Å². The Bertz CT molecular complexity index is 866. The Labute approximate surface area is 146 Å². The highest BCUT2D eigenvalue weighted by Gasteiger charge is 2.32. The zero-order valence-electron chi connectivity index (χ0n) is 13.5. The maximum atomic E-state index is 12.9. The van der Waals surface area contributed by atoms with E-state index in [1.54, 1.807) is 23.1 Å². The predicted octanol–water partition coefficient (Wildman–Crippen LogP) is 3.91. The third-order valence-corrected chi connectivity index (χ3v) is 4.27. The highest BCUT2D eigenvalue weighted by Crippen LogP contribution is 2.36. The highest BCUT2D eigenvalue weighted by molar-refractivity contribution is 6.07. The number of rotatable bonds is 2. The van der Waals surface area contributed by atoms with Gasteiger partial charge in [0.05, 0.1) is 0 Å². The number of hydrogen-bond acceptors (Lipinski definition) is 4. The largest absolute Gasteiger partial charge is 0.573 e. The molecule has 2 heterocycles. The Kier molecular flexibility index (Phi) is 3.90. The van der Waals surface area contributed by atoms with Gasteiger partial charge in [0.25, 0.3) is 5.91 Å². The van der Waals surface area contributed by atoms with E-state index in [2.05, 4.69) is 4.74 Å². The van der Waals surface area contributed by atoms with E-state index < -0.39 is 6.36 Å². The Balaban J connectivity index is 1.62. The molecule has 26 heavy (non-hydrogen) atoms. The number of anilines is 1. The smallest absolute Gasteiger partial charge is 0.454 e. The number of amides is 1. The second kappa shape index (κ2) is 6.12. The van der Waals surface area contributed by atoms with E-state index in [4.69, 9.17) is 9.47 Å². The summed E-state index contributed by atoms with van der Waals surface area (Å²) >= 11 is 0.